The van der Waals surface area contributed by atoms with Crippen molar-refractivity contribution >= 4 is 27.5 Å². The largest absolute Gasteiger partial charge is 0.323 e. The zero-order valence-electron chi connectivity index (χ0n) is 8.65. The van der Waals surface area contributed by atoms with Crippen molar-refractivity contribution in [1.82, 2.24) is 0 Å². The molecule has 1 aromatic rings. The molecular weight excluding hydrogens is 273 g/mol. The summed E-state index contributed by atoms with van der Waals surface area (Å²) in [6.45, 7) is 0. The van der Waals surface area contributed by atoms with Crippen LogP contribution in [0.1, 0.15) is 31.2 Å². The van der Waals surface area contributed by atoms with Gasteiger partial charge in [-0.15, -0.1) is 0 Å². The molecule has 0 unspecified atom stereocenters. The summed E-state index contributed by atoms with van der Waals surface area (Å²) in [5.41, 5.74) is 0.761. The van der Waals surface area contributed by atoms with Gasteiger partial charge in [0.25, 0.3) is 0 Å². The maximum absolute atomic E-state index is 13.7. The van der Waals surface area contributed by atoms with Gasteiger partial charge >= 0.3 is 0 Å². The average molecular weight is 284 g/mol. The van der Waals surface area contributed by atoms with Crippen LogP contribution in [0.4, 0.5) is 10.1 Å². The Morgan fingerprint density at radius 1 is 1.31 bits per heavy atom. The number of rotatable bonds is 0. The van der Waals surface area contributed by atoms with Crippen LogP contribution in [0, 0.1) is 5.82 Å². The Morgan fingerprint density at radius 2 is 2.00 bits per heavy atom. The molecule has 0 saturated heterocycles. The van der Waals surface area contributed by atoms with Crippen molar-refractivity contribution < 1.29 is 9.18 Å². The summed E-state index contributed by atoms with van der Waals surface area (Å²) in [6, 6.07) is 3.27. The van der Waals surface area contributed by atoms with E-state index in [9.17, 15) is 9.18 Å². The second kappa shape index (κ2) is 3.29. The SMILES string of the molecule is O=C1Nc2c(F)cc(Br)cc2C12CCCC2. The number of fused-ring (bicyclic) bond motifs is 2. The average Bonchev–Trinajstić information content (AvgIpc) is 2.79. The minimum absolute atomic E-state index is 0.0306. The van der Waals surface area contributed by atoms with Crippen LogP contribution >= 0.6 is 15.9 Å². The standard InChI is InChI=1S/C12H11BrFNO/c13-7-5-8-10(9(14)6-7)15-11(16)12(8)3-1-2-4-12/h5-6H,1-4H2,(H,15,16). The van der Waals surface area contributed by atoms with E-state index >= 15 is 0 Å². The number of nitrogens with one attached hydrogen (secondary N) is 1. The highest BCUT2D eigenvalue weighted by Crippen LogP contribution is 2.50. The number of carbonyl (C=O) groups is 1. The van der Waals surface area contributed by atoms with Crippen molar-refractivity contribution in [3.8, 4) is 0 Å². The van der Waals surface area contributed by atoms with Gasteiger partial charge in [-0.3, -0.25) is 4.79 Å². The summed E-state index contributed by atoms with van der Waals surface area (Å²) < 4.78 is 14.4. The molecule has 1 heterocycles. The topological polar surface area (TPSA) is 29.1 Å². The number of benzene rings is 1. The Labute approximate surface area is 101 Å². The Morgan fingerprint density at radius 3 is 2.69 bits per heavy atom. The van der Waals surface area contributed by atoms with E-state index in [4.69, 9.17) is 0 Å². The van der Waals surface area contributed by atoms with E-state index < -0.39 is 5.41 Å². The van der Waals surface area contributed by atoms with Crippen molar-refractivity contribution in [2.45, 2.75) is 31.1 Å². The monoisotopic (exact) mass is 283 g/mol. The number of amides is 1. The Hall–Kier alpha value is -0.900. The Bertz CT molecular complexity index is 480. The molecule has 0 radical (unpaired) electrons. The van der Waals surface area contributed by atoms with Gasteiger partial charge in [0.15, 0.2) is 0 Å². The van der Waals surface area contributed by atoms with Crippen LogP contribution in [-0.2, 0) is 10.2 Å². The normalized spacial score (nSPS) is 21.2. The van der Waals surface area contributed by atoms with E-state index in [1.165, 1.54) is 6.07 Å². The lowest BCUT2D eigenvalue weighted by Crippen LogP contribution is -2.30. The fraction of sp³-hybridized carbons (Fsp3) is 0.417. The van der Waals surface area contributed by atoms with Crippen molar-refractivity contribution in [2.75, 3.05) is 5.32 Å². The first-order valence-corrected chi connectivity index (χ1v) is 6.24. The van der Waals surface area contributed by atoms with E-state index in [2.05, 4.69) is 21.2 Å². The first kappa shape index (κ1) is 10.3. The van der Waals surface area contributed by atoms with Crippen molar-refractivity contribution in [1.29, 1.82) is 0 Å². The van der Waals surface area contributed by atoms with Crippen LogP contribution in [0.3, 0.4) is 0 Å². The number of hydrogen-bond donors (Lipinski definition) is 1. The molecule has 2 nitrogen and oxygen atoms in total. The van der Waals surface area contributed by atoms with Gasteiger partial charge in [-0.2, -0.15) is 0 Å². The fourth-order valence-electron chi connectivity index (χ4n) is 2.91. The molecule has 0 bridgehead atoms. The smallest absolute Gasteiger partial charge is 0.235 e. The molecule has 2 aliphatic rings. The number of anilines is 1. The van der Waals surface area contributed by atoms with Gasteiger partial charge in [-0.05, 0) is 30.5 Å². The Kier molecular flexibility index (Phi) is 2.11. The predicted molar refractivity (Wildman–Crippen MR) is 62.9 cm³/mol. The molecule has 1 aliphatic carbocycles. The summed E-state index contributed by atoms with van der Waals surface area (Å²) >= 11 is 3.29. The van der Waals surface area contributed by atoms with Crippen LogP contribution in [0.5, 0.6) is 0 Å². The van der Waals surface area contributed by atoms with E-state index in [-0.39, 0.29) is 11.7 Å². The molecule has 16 heavy (non-hydrogen) atoms. The molecule has 1 spiro atoms. The maximum atomic E-state index is 13.7. The van der Waals surface area contributed by atoms with E-state index in [0.29, 0.717) is 10.2 Å². The zero-order valence-corrected chi connectivity index (χ0v) is 10.2. The first-order chi connectivity index (χ1) is 7.63. The fourth-order valence-corrected chi connectivity index (χ4v) is 3.34. The number of carbonyl (C=O) groups excluding carboxylic acids is 1. The summed E-state index contributed by atoms with van der Waals surface area (Å²) in [6.07, 6.45) is 3.76. The van der Waals surface area contributed by atoms with Crippen LogP contribution < -0.4 is 5.32 Å². The summed E-state index contributed by atoms with van der Waals surface area (Å²) in [4.78, 5) is 12.0. The minimum atomic E-state index is -0.458. The van der Waals surface area contributed by atoms with Gasteiger partial charge in [0, 0.05) is 4.47 Å². The molecule has 1 saturated carbocycles. The molecule has 1 N–H and O–H groups in total. The van der Waals surface area contributed by atoms with Gasteiger partial charge < -0.3 is 5.32 Å². The second-order valence-corrected chi connectivity index (χ2v) is 5.47. The predicted octanol–water partition coefficient (Wildman–Crippen LogP) is 3.35. The third-order valence-corrected chi connectivity index (χ3v) is 4.16. The van der Waals surface area contributed by atoms with Crippen LogP contribution in [-0.4, -0.2) is 5.91 Å². The molecule has 1 aromatic carbocycles. The molecule has 0 atom stereocenters. The van der Waals surface area contributed by atoms with Crippen LogP contribution in [0.2, 0.25) is 0 Å². The second-order valence-electron chi connectivity index (χ2n) is 4.55. The quantitative estimate of drug-likeness (QED) is 0.777. The zero-order chi connectivity index (χ0) is 11.3. The third-order valence-electron chi connectivity index (χ3n) is 3.70. The summed E-state index contributed by atoms with van der Waals surface area (Å²) in [5.74, 6) is -0.376. The third kappa shape index (κ3) is 1.19. The lowest BCUT2D eigenvalue weighted by Gasteiger charge is -2.20. The Balaban J connectivity index is 2.24. The lowest BCUT2D eigenvalue weighted by atomic mass is 9.80. The van der Waals surface area contributed by atoms with E-state index in [0.717, 1.165) is 31.2 Å². The van der Waals surface area contributed by atoms with Gasteiger partial charge in [-0.1, -0.05) is 28.8 Å². The van der Waals surface area contributed by atoms with Crippen LogP contribution in [0.15, 0.2) is 16.6 Å². The van der Waals surface area contributed by atoms with Gasteiger partial charge in [0.05, 0.1) is 11.1 Å². The molecule has 3 rings (SSSR count). The number of hydrogen-bond acceptors (Lipinski definition) is 1. The van der Waals surface area contributed by atoms with Crippen molar-refractivity contribution in [3.63, 3.8) is 0 Å². The molecular formula is C12H11BrFNO. The molecule has 1 aliphatic heterocycles. The summed E-state index contributed by atoms with van der Waals surface area (Å²) in [5, 5.41) is 2.69. The van der Waals surface area contributed by atoms with Crippen molar-refractivity contribution in [2.24, 2.45) is 0 Å². The summed E-state index contributed by atoms with van der Waals surface area (Å²) in [7, 11) is 0. The van der Waals surface area contributed by atoms with Crippen molar-refractivity contribution in [3.05, 3.63) is 28.0 Å². The highest BCUT2D eigenvalue weighted by atomic mass is 79.9. The first-order valence-electron chi connectivity index (χ1n) is 5.44. The minimum Gasteiger partial charge on any atom is -0.323 e. The highest BCUT2D eigenvalue weighted by molar-refractivity contribution is 9.10. The van der Waals surface area contributed by atoms with Crippen LogP contribution in [0.25, 0.3) is 0 Å². The molecule has 0 aromatic heterocycles. The van der Waals surface area contributed by atoms with E-state index in [1.54, 1.807) is 0 Å². The van der Waals surface area contributed by atoms with Gasteiger partial charge in [0.1, 0.15) is 5.82 Å². The molecule has 1 amide bonds. The van der Waals surface area contributed by atoms with Gasteiger partial charge in [-0.25, -0.2) is 4.39 Å². The van der Waals surface area contributed by atoms with Gasteiger partial charge in [0.2, 0.25) is 5.91 Å². The maximum Gasteiger partial charge on any atom is 0.235 e. The highest BCUT2D eigenvalue weighted by Gasteiger charge is 2.49. The van der Waals surface area contributed by atoms with E-state index in [1.807, 2.05) is 6.07 Å². The molecule has 4 heteroatoms. The lowest BCUT2D eigenvalue weighted by molar-refractivity contribution is -0.120. The molecule has 84 valence electrons. The molecule has 1 fully saturated rings. The number of halogens is 2.